The van der Waals surface area contributed by atoms with Gasteiger partial charge < -0.3 is 14.7 Å². The SMILES string of the molecule is COC(=O)[C@H]1CN(C)CC[C@]1(C)O. The van der Waals surface area contributed by atoms with Gasteiger partial charge in [0, 0.05) is 13.1 Å². The number of aliphatic hydroxyl groups is 1. The van der Waals surface area contributed by atoms with Gasteiger partial charge in [0.15, 0.2) is 0 Å². The fourth-order valence-corrected chi connectivity index (χ4v) is 1.66. The first-order valence-corrected chi connectivity index (χ1v) is 4.46. The van der Waals surface area contributed by atoms with Crippen molar-refractivity contribution in [2.75, 3.05) is 27.2 Å². The normalized spacial score (nSPS) is 35.8. The summed E-state index contributed by atoms with van der Waals surface area (Å²) in [7, 11) is 3.29. The van der Waals surface area contributed by atoms with Crippen LogP contribution in [-0.2, 0) is 9.53 Å². The van der Waals surface area contributed by atoms with E-state index in [0.29, 0.717) is 13.0 Å². The average molecular weight is 187 g/mol. The van der Waals surface area contributed by atoms with Crippen molar-refractivity contribution in [1.82, 2.24) is 4.90 Å². The summed E-state index contributed by atoms with van der Waals surface area (Å²) in [5.41, 5.74) is -0.917. The van der Waals surface area contributed by atoms with Crippen LogP contribution in [0.5, 0.6) is 0 Å². The van der Waals surface area contributed by atoms with Crippen molar-refractivity contribution in [3.8, 4) is 0 Å². The molecule has 1 saturated heterocycles. The molecule has 0 aromatic heterocycles. The van der Waals surface area contributed by atoms with Crippen LogP contribution in [0.1, 0.15) is 13.3 Å². The molecule has 1 heterocycles. The Kier molecular flexibility index (Phi) is 2.93. The Bertz CT molecular complexity index is 203. The number of rotatable bonds is 1. The van der Waals surface area contributed by atoms with Gasteiger partial charge in [-0.3, -0.25) is 4.79 Å². The molecule has 4 heteroatoms. The molecule has 1 rings (SSSR count). The molecule has 0 aliphatic carbocycles. The molecule has 0 bridgehead atoms. The van der Waals surface area contributed by atoms with E-state index in [1.54, 1.807) is 6.92 Å². The molecule has 4 nitrogen and oxygen atoms in total. The molecule has 1 aliphatic rings. The summed E-state index contributed by atoms with van der Waals surface area (Å²) in [6.45, 7) is 3.09. The molecule has 2 atom stereocenters. The number of piperidine rings is 1. The lowest BCUT2D eigenvalue weighted by molar-refractivity contribution is -0.160. The summed E-state index contributed by atoms with van der Waals surface area (Å²) in [6.07, 6.45) is 0.614. The molecule has 0 amide bonds. The van der Waals surface area contributed by atoms with Crippen LogP contribution in [0, 0.1) is 5.92 Å². The number of carbonyl (C=O) groups excluding carboxylic acids is 1. The van der Waals surface area contributed by atoms with Gasteiger partial charge in [-0.15, -0.1) is 0 Å². The maximum absolute atomic E-state index is 11.3. The third-order valence-corrected chi connectivity index (χ3v) is 2.73. The summed E-state index contributed by atoms with van der Waals surface area (Å²) in [5.74, 6) is -0.743. The van der Waals surface area contributed by atoms with Gasteiger partial charge in [-0.25, -0.2) is 0 Å². The zero-order chi connectivity index (χ0) is 10.1. The highest BCUT2D eigenvalue weighted by Crippen LogP contribution is 2.27. The molecule has 13 heavy (non-hydrogen) atoms. The molecule has 0 aromatic carbocycles. The van der Waals surface area contributed by atoms with E-state index in [4.69, 9.17) is 0 Å². The average Bonchev–Trinajstić information content (AvgIpc) is 2.08. The lowest BCUT2D eigenvalue weighted by Crippen LogP contribution is -2.52. The summed E-state index contributed by atoms with van der Waals surface area (Å²) >= 11 is 0. The first kappa shape index (κ1) is 10.5. The highest BCUT2D eigenvalue weighted by molar-refractivity contribution is 5.74. The number of likely N-dealkylation sites (tertiary alicyclic amines) is 1. The van der Waals surface area contributed by atoms with Gasteiger partial charge in [-0.2, -0.15) is 0 Å². The predicted molar refractivity (Wildman–Crippen MR) is 48.2 cm³/mol. The van der Waals surface area contributed by atoms with Crippen molar-refractivity contribution in [2.45, 2.75) is 18.9 Å². The molecule has 0 unspecified atom stereocenters. The summed E-state index contributed by atoms with van der Waals surface area (Å²) < 4.78 is 4.65. The van der Waals surface area contributed by atoms with Crippen LogP contribution >= 0.6 is 0 Å². The minimum Gasteiger partial charge on any atom is -0.469 e. The number of hydrogen-bond acceptors (Lipinski definition) is 4. The van der Waals surface area contributed by atoms with E-state index >= 15 is 0 Å². The molecular formula is C9H17NO3. The van der Waals surface area contributed by atoms with Crippen molar-refractivity contribution in [1.29, 1.82) is 0 Å². The van der Waals surface area contributed by atoms with E-state index in [-0.39, 0.29) is 5.97 Å². The van der Waals surface area contributed by atoms with Crippen molar-refractivity contribution in [3.05, 3.63) is 0 Å². The first-order chi connectivity index (χ1) is 5.97. The smallest absolute Gasteiger partial charge is 0.312 e. The minimum absolute atomic E-state index is 0.323. The Morgan fingerprint density at radius 3 is 2.85 bits per heavy atom. The lowest BCUT2D eigenvalue weighted by Gasteiger charge is -2.39. The quantitative estimate of drug-likeness (QED) is 0.581. The zero-order valence-electron chi connectivity index (χ0n) is 8.41. The van der Waals surface area contributed by atoms with E-state index in [9.17, 15) is 9.90 Å². The number of hydrogen-bond donors (Lipinski definition) is 1. The van der Waals surface area contributed by atoms with E-state index < -0.39 is 11.5 Å². The van der Waals surface area contributed by atoms with Gasteiger partial charge in [0.1, 0.15) is 0 Å². The molecule has 0 spiro atoms. The zero-order valence-corrected chi connectivity index (χ0v) is 8.41. The lowest BCUT2D eigenvalue weighted by atomic mass is 9.83. The van der Waals surface area contributed by atoms with Crippen LogP contribution in [0.3, 0.4) is 0 Å². The highest BCUT2D eigenvalue weighted by atomic mass is 16.5. The van der Waals surface area contributed by atoms with Crippen molar-refractivity contribution >= 4 is 5.97 Å². The standard InChI is InChI=1S/C9H17NO3/c1-9(12)4-5-10(2)6-7(9)8(11)13-3/h7,12H,4-6H2,1-3H3/t7-,9+/m1/s1. The first-order valence-electron chi connectivity index (χ1n) is 4.46. The van der Waals surface area contributed by atoms with Crippen LogP contribution in [0.25, 0.3) is 0 Å². The fraction of sp³-hybridized carbons (Fsp3) is 0.889. The van der Waals surface area contributed by atoms with Crippen LogP contribution in [-0.4, -0.2) is 48.8 Å². The van der Waals surface area contributed by atoms with Crippen LogP contribution in [0.4, 0.5) is 0 Å². The molecule has 1 fully saturated rings. The number of esters is 1. The topological polar surface area (TPSA) is 49.8 Å². The largest absolute Gasteiger partial charge is 0.469 e. The number of ether oxygens (including phenoxy) is 1. The van der Waals surface area contributed by atoms with Gasteiger partial charge in [0.05, 0.1) is 18.6 Å². The molecule has 1 aliphatic heterocycles. The van der Waals surface area contributed by atoms with E-state index in [2.05, 4.69) is 4.74 Å². The predicted octanol–water partition coefficient (Wildman–Crippen LogP) is -0.138. The Morgan fingerprint density at radius 1 is 1.69 bits per heavy atom. The van der Waals surface area contributed by atoms with Gasteiger partial charge in [-0.05, 0) is 20.4 Å². The maximum Gasteiger partial charge on any atom is 0.312 e. The molecule has 76 valence electrons. The Labute approximate surface area is 78.5 Å². The summed E-state index contributed by atoms with van der Waals surface area (Å²) in [4.78, 5) is 13.3. The van der Waals surface area contributed by atoms with Crippen LogP contribution in [0.2, 0.25) is 0 Å². The molecule has 0 radical (unpaired) electrons. The second-order valence-electron chi connectivity index (χ2n) is 3.95. The van der Waals surface area contributed by atoms with E-state index in [0.717, 1.165) is 6.54 Å². The number of nitrogens with zero attached hydrogens (tertiary/aromatic N) is 1. The maximum atomic E-state index is 11.3. The van der Waals surface area contributed by atoms with Crippen LogP contribution in [0.15, 0.2) is 0 Å². The van der Waals surface area contributed by atoms with Gasteiger partial charge in [-0.1, -0.05) is 0 Å². The Balaban J connectivity index is 2.72. The molecule has 1 N–H and O–H groups in total. The van der Waals surface area contributed by atoms with Gasteiger partial charge in [0.2, 0.25) is 0 Å². The number of methoxy groups -OCH3 is 1. The van der Waals surface area contributed by atoms with Crippen molar-refractivity contribution in [3.63, 3.8) is 0 Å². The molecule has 0 aromatic rings. The Hall–Kier alpha value is -0.610. The van der Waals surface area contributed by atoms with Gasteiger partial charge in [0.25, 0.3) is 0 Å². The monoisotopic (exact) mass is 187 g/mol. The second kappa shape index (κ2) is 3.64. The third-order valence-electron chi connectivity index (χ3n) is 2.73. The number of carbonyl (C=O) groups is 1. The third kappa shape index (κ3) is 2.19. The second-order valence-corrected chi connectivity index (χ2v) is 3.95. The van der Waals surface area contributed by atoms with Crippen molar-refractivity contribution in [2.24, 2.45) is 5.92 Å². The molecule has 0 saturated carbocycles. The molecular weight excluding hydrogens is 170 g/mol. The minimum atomic E-state index is -0.917. The van der Waals surface area contributed by atoms with E-state index in [1.807, 2.05) is 11.9 Å². The Morgan fingerprint density at radius 2 is 2.31 bits per heavy atom. The summed E-state index contributed by atoms with van der Waals surface area (Å²) in [5, 5.41) is 9.93. The highest BCUT2D eigenvalue weighted by Gasteiger charge is 2.41. The fourth-order valence-electron chi connectivity index (χ4n) is 1.66. The summed E-state index contributed by atoms with van der Waals surface area (Å²) in [6, 6.07) is 0. The van der Waals surface area contributed by atoms with Crippen molar-refractivity contribution < 1.29 is 14.6 Å². The van der Waals surface area contributed by atoms with Crippen LogP contribution < -0.4 is 0 Å². The van der Waals surface area contributed by atoms with Gasteiger partial charge >= 0.3 is 5.97 Å². The van der Waals surface area contributed by atoms with E-state index in [1.165, 1.54) is 7.11 Å².